The lowest BCUT2D eigenvalue weighted by molar-refractivity contribution is 0.0947. The van der Waals surface area contributed by atoms with Crippen LogP contribution in [0.3, 0.4) is 0 Å². The molecule has 1 aromatic carbocycles. The minimum absolute atomic E-state index is 0.132. The third kappa shape index (κ3) is 2.28. The molecule has 2 rings (SSSR count). The Balaban J connectivity index is 2.27. The van der Waals surface area contributed by atoms with Gasteiger partial charge < -0.3 is 0 Å². The Kier molecular flexibility index (Phi) is 3.72. The average Bonchev–Trinajstić information content (AvgIpc) is 2.63. The number of halogens is 1. The molecule has 1 nitrogen and oxygen atoms in total. The van der Waals surface area contributed by atoms with E-state index < -0.39 is 0 Å². The van der Waals surface area contributed by atoms with E-state index in [1.165, 1.54) is 0 Å². The molecule has 1 aliphatic rings. The summed E-state index contributed by atoms with van der Waals surface area (Å²) in [5.41, 5.74) is 4.04. The van der Waals surface area contributed by atoms with Crippen molar-refractivity contribution in [2.45, 2.75) is 26.1 Å². The van der Waals surface area contributed by atoms with E-state index in [2.05, 4.69) is 6.08 Å². The molecule has 18 heavy (non-hydrogen) atoms. The van der Waals surface area contributed by atoms with Crippen LogP contribution in [-0.2, 0) is 0 Å². The van der Waals surface area contributed by atoms with E-state index >= 15 is 0 Å². The molecule has 0 N–H and O–H groups in total. The summed E-state index contributed by atoms with van der Waals surface area (Å²) in [5, 5.41) is -0.132. The standard InChI is InChI=1S/C16H17ClO/c1-10-9-11(2)15(17)14(10)12(3)16(18)13-7-5-4-6-8-13/h4-9,12,15H,1-3H3. The van der Waals surface area contributed by atoms with Crippen LogP contribution in [0.2, 0.25) is 0 Å². The van der Waals surface area contributed by atoms with Gasteiger partial charge in [-0.15, -0.1) is 11.6 Å². The third-order valence-electron chi connectivity index (χ3n) is 3.49. The van der Waals surface area contributed by atoms with Crippen LogP contribution in [0.1, 0.15) is 31.1 Å². The molecule has 0 saturated carbocycles. The third-order valence-corrected chi connectivity index (χ3v) is 4.07. The molecule has 0 saturated heterocycles. The molecule has 0 amide bonds. The van der Waals surface area contributed by atoms with Gasteiger partial charge in [0.1, 0.15) is 0 Å². The highest BCUT2D eigenvalue weighted by Gasteiger charge is 2.29. The lowest BCUT2D eigenvalue weighted by Crippen LogP contribution is -2.19. The van der Waals surface area contributed by atoms with Gasteiger partial charge in [-0.25, -0.2) is 0 Å². The first-order valence-electron chi connectivity index (χ1n) is 6.14. The molecule has 1 aromatic rings. The minimum Gasteiger partial charge on any atom is -0.294 e. The first kappa shape index (κ1) is 13.1. The van der Waals surface area contributed by atoms with Crippen LogP contribution in [0.5, 0.6) is 0 Å². The number of carbonyl (C=O) groups is 1. The highest BCUT2D eigenvalue weighted by atomic mass is 35.5. The topological polar surface area (TPSA) is 17.1 Å². The second kappa shape index (κ2) is 5.11. The van der Waals surface area contributed by atoms with Crippen molar-refractivity contribution in [3.05, 3.63) is 58.7 Å². The fourth-order valence-electron chi connectivity index (χ4n) is 2.50. The zero-order chi connectivity index (χ0) is 13.3. The van der Waals surface area contributed by atoms with Gasteiger partial charge in [-0.05, 0) is 25.0 Å². The van der Waals surface area contributed by atoms with E-state index in [9.17, 15) is 4.79 Å². The van der Waals surface area contributed by atoms with Crippen LogP contribution < -0.4 is 0 Å². The van der Waals surface area contributed by atoms with Crippen molar-refractivity contribution in [3.63, 3.8) is 0 Å². The molecule has 2 atom stereocenters. The smallest absolute Gasteiger partial charge is 0.169 e. The van der Waals surface area contributed by atoms with Crippen LogP contribution in [0.15, 0.2) is 53.1 Å². The normalized spacial score (nSPS) is 20.9. The average molecular weight is 261 g/mol. The molecule has 2 unspecified atom stereocenters. The van der Waals surface area contributed by atoms with E-state index in [1.807, 2.05) is 51.1 Å². The van der Waals surface area contributed by atoms with Gasteiger partial charge >= 0.3 is 0 Å². The Hall–Kier alpha value is -1.34. The van der Waals surface area contributed by atoms with E-state index in [-0.39, 0.29) is 17.1 Å². The summed E-state index contributed by atoms with van der Waals surface area (Å²) in [6, 6.07) is 9.40. The number of hydrogen-bond acceptors (Lipinski definition) is 1. The van der Waals surface area contributed by atoms with Crippen molar-refractivity contribution in [3.8, 4) is 0 Å². The number of ketones is 1. The molecule has 0 bridgehead atoms. The predicted octanol–water partition coefficient (Wildman–Crippen LogP) is 4.39. The molecule has 0 aliphatic heterocycles. The largest absolute Gasteiger partial charge is 0.294 e. The molecule has 0 fully saturated rings. The lowest BCUT2D eigenvalue weighted by Gasteiger charge is -2.18. The van der Waals surface area contributed by atoms with Crippen molar-refractivity contribution >= 4 is 17.4 Å². The second-order valence-electron chi connectivity index (χ2n) is 4.84. The molecule has 0 radical (unpaired) electrons. The fraction of sp³-hybridized carbons (Fsp3) is 0.312. The minimum atomic E-state index is -0.163. The number of alkyl halides is 1. The van der Waals surface area contributed by atoms with Gasteiger partial charge in [0.05, 0.1) is 5.38 Å². The van der Waals surface area contributed by atoms with Crippen LogP contribution in [0, 0.1) is 5.92 Å². The Bertz CT molecular complexity index is 525. The first-order valence-corrected chi connectivity index (χ1v) is 6.58. The fourth-order valence-corrected chi connectivity index (χ4v) is 2.92. The number of benzene rings is 1. The zero-order valence-corrected chi connectivity index (χ0v) is 11.7. The summed E-state index contributed by atoms with van der Waals surface area (Å²) >= 11 is 6.37. The molecular weight excluding hydrogens is 244 g/mol. The van der Waals surface area contributed by atoms with E-state index in [4.69, 9.17) is 11.6 Å². The Labute approximate surface area is 113 Å². The number of rotatable bonds is 3. The molecule has 0 aromatic heterocycles. The monoisotopic (exact) mass is 260 g/mol. The maximum Gasteiger partial charge on any atom is 0.169 e. The van der Waals surface area contributed by atoms with Gasteiger partial charge in [0, 0.05) is 11.5 Å². The van der Waals surface area contributed by atoms with Crippen LogP contribution in [-0.4, -0.2) is 11.2 Å². The molecule has 0 spiro atoms. The summed E-state index contributed by atoms with van der Waals surface area (Å²) in [4.78, 5) is 12.4. The van der Waals surface area contributed by atoms with E-state index in [0.717, 1.165) is 22.3 Å². The molecule has 94 valence electrons. The predicted molar refractivity (Wildman–Crippen MR) is 76.0 cm³/mol. The van der Waals surface area contributed by atoms with Crippen molar-refractivity contribution in [2.75, 3.05) is 0 Å². The van der Waals surface area contributed by atoms with Crippen molar-refractivity contribution in [1.82, 2.24) is 0 Å². The summed E-state index contributed by atoms with van der Waals surface area (Å²) < 4.78 is 0. The summed E-state index contributed by atoms with van der Waals surface area (Å²) in [6.07, 6.45) is 2.07. The SMILES string of the molecule is CC1=CC(C)=C(C(C)C(=O)c2ccccc2)C1Cl. The van der Waals surface area contributed by atoms with Gasteiger partial charge in [-0.1, -0.05) is 48.9 Å². The van der Waals surface area contributed by atoms with E-state index in [0.29, 0.717) is 0 Å². The van der Waals surface area contributed by atoms with Crippen molar-refractivity contribution in [1.29, 1.82) is 0 Å². The Morgan fingerprint density at radius 1 is 1.22 bits per heavy atom. The number of carbonyl (C=O) groups excluding carboxylic acids is 1. The van der Waals surface area contributed by atoms with Gasteiger partial charge in [-0.3, -0.25) is 4.79 Å². The number of hydrogen-bond donors (Lipinski definition) is 0. The molecule has 0 heterocycles. The maximum atomic E-state index is 12.4. The highest BCUT2D eigenvalue weighted by Crippen LogP contribution is 2.36. The van der Waals surface area contributed by atoms with E-state index in [1.54, 1.807) is 0 Å². The Morgan fingerprint density at radius 2 is 1.83 bits per heavy atom. The highest BCUT2D eigenvalue weighted by molar-refractivity contribution is 6.25. The van der Waals surface area contributed by atoms with Gasteiger partial charge in [0.15, 0.2) is 5.78 Å². The van der Waals surface area contributed by atoms with Crippen LogP contribution >= 0.6 is 11.6 Å². The molecule has 1 aliphatic carbocycles. The first-order chi connectivity index (χ1) is 8.52. The number of allylic oxidation sites excluding steroid dienone is 4. The zero-order valence-electron chi connectivity index (χ0n) is 10.9. The van der Waals surface area contributed by atoms with Crippen LogP contribution in [0.4, 0.5) is 0 Å². The van der Waals surface area contributed by atoms with Crippen molar-refractivity contribution < 1.29 is 4.79 Å². The lowest BCUT2D eigenvalue weighted by atomic mass is 9.89. The summed E-state index contributed by atoms with van der Waals surface area (Å²) in [7, 11) is 0. The number of Topliss-reactive ketones (excluding diaryl/α,β-unsaturated/α-hetero) is 1. The van der Waals surface area contributed by atoms with Crippen LogP contribution in [0.25, 0.3) is 0 Å². The Morgan fingerprint density at radius 3 is 2.33 bits per heavy atom. The molecular formula is C16H17ClO. The summed E-state index contributed by atoms with van der Waals surface area (Å²) in [5.74, 6) is -0.0256. The van der Waals surface area contributed by atoms with Gasteiger partial charge in [0.25, 0.3) is 0 Å². The van der Waals surface area contributed by atoms with Gasteiger partial charge in [0.2, 0.25) is 0 Å². The molecule has 2 heteroatoms. The summed E-state index contributed by atoms with van der Waals surface area (Å²) in [6.45, 7) is 5.97. The van der Waals surface area contributed by atoms with Crippen molar-refractivity contribution in [2.24, 2.45) is 5.92 Å². The second-order valence-corrected chi connectivity index (χ2v) is 5.28. The quantitative estimate of drug-likeness (QED) is 0.582. The van der Waals surface area contributed by atoms with Gasteiger partial charge in [-0.2, -0.15) is 0 Å². The maximum absolute atomic E-state index is 12.4.